The van der Waals surface area contributed by atoms with E-state index in [0.29, 0.717) is 13.2 Å². The molecule has 0 aromatic carbocycles. The number of carboxylic acids is 1. The van der Waals surface area contributed by atoms with Gasteiger partial charge in [-0.1, -0.05) is 64.7 Å². The van der Waals surface area contributed by atoms with Gasteiger partial charge in [-0.15, -0.1) is 0 Å². The van der Waals surface area contributed by atoms with Crippen LogP contribution >= 0.6 is 0 Å². The summed E-state index contributed by atoms with van der Waals surface area (Å²) in [7, 11) is 0. The van der Waals surface area contributed by atoms with Crippen molar-refractivity contribution in [3.63, 3.8) is 0 Å². The van der Waals surface area contributed by atoms with Gasteiger partial charge in [0.15, 0.2) is 0 Å². The summed E-state index contributed by atoms with van der Waals surface area (Å²) in [6.45, 7) is 5.03. The van der Waals surface area contributed by atoms with Gasteiger partial charge in [0, 0.05) is 6.54 Å². The van der Waals surface area contributed by atoms with Crippen molar-refractivity contribution >= 4 is 5.97 Å². The highest BCUT2D eigenvalue weighted by molar-refractivity contribution is 5.66. The highest BCUT2D eigenvalue weighted by atomic mass is 16.5. The second-order valence-corrected chi connectivity index (χ2v) is 5.69. The molecule has 4 nitrogen and oxygen atoms in total. The number of ether oxygens (including phenoxy) is 1. The highest BCUT2D eigenvalue weighted by Gasteiger charge is 1.96. The SMILES string of the molecule is CCCCCCCCCCCCNCCOCCC(=O)O. The fourth-order valence-electron chi connectivity index (χ4n) is 2.27. The van der Waals surface area contributed by atoms with Crippen molar-refractivity contribution in [1.82, 2.24) is 5.32 Å². The molecule has 0 atom stereocenters. The Hall–Kier alpha value is -0.610. The summed E-state index contributed by atoms with van der Waals surface area (Å²) >= 11 is 0. The predicted molar refractivity (Wildman–Crippen MR) is 87.8 cm³/mol. The van der Waals surface area contributed by atoms with E-state index in [-0.39, 0.29) is 6.42 Å². The Morgan fingerprint density at radius 2 is 1.43 bits per heavy atom. The normalized spacial score (nSPS) is 10.9. The summed E-state index contributed by atoms with van der Waals surface area (Å²) < 4.78 is 5.20. The Kier molecular flexibility index (Phi) is 16.9. The summed E-state index contributed by atoms with van der Waals surface area (Å²) in [5, 5.41) is 11.8. The summed E-state index contributed by atoms with van der Waals surface area (Å²) in [5.41, 5.74) is 0. The molecule has 0 saturated carbocycles. The smallest absolute Gasteiger partial charge is 0.305 e. The lowest BCUT2D eigenvalue weighted by molar-refractivity contribution is -0.138. The van der Waals surface area contributed by atoms with Crippen molar-refractivity contribution in [2.24, 2.45) is 0 Å². The zero-order chi connectivity index (χ0) is 15.6. The van der Waals surface area contributed by atoms with Gasteiger partial charge in [-0.05, 0) is 13.0 Å². The van der Waals surface area contributed by atoms with Crippen LogP contribution < -0.4 is 5.32 Å². The van der Waals surface area contributed by atoms with Gasteiger partial charge in [-0.2, -0.15) is 0 Å². The van der Waals surface area contributed by atoms with Gasteiger partial charge >= 0.3 is 5.97 Å². The molecule has 0 amide bonds. The van der Waals surface area contributed by atoms with Gasteiger partial charge in [0.05, 0.1) is 19.6 Å². The minimum absolute atomic E-state index is 0.0957. The topological polar surface area (TPSA) is 58.6 Å². The predicted octanol–water partition coefficient (Wildman–Crippen LogP) is 3.99. The van der Waals surface area contributed by atoms with Crippen molar-refractivity contribution in [2.75, 3.05) is 26.3 Å². The Labute approximate surface area is 130 Å². The molecule has 0 aliphatic carbocycles. The molecule has 0 aliphatic rings. The summed E-state index contributed by atoms with van der Waals surface area (Å²) in [4.78, 5) is 10.3. The molecule has 0 heterocycles. The maximum Gasteiger partial charge on any atom is 0.305 e. The van der Waals surface area contributed by atoms with Crippen molar-refractivity contribution in [3.8, 4) is 0 Å². The molecule has 0 fully saturated rings. The average molecular weight is 301 g/mol. The number of aliphatic carboxylic acids is 1. The van der Waals surface area contributed by atoms with E-state index in [9.17, 15) is 4.79 Å². The average Bonchev–Trinajstić information content (AvgIpc) is 2.46. The van der Waals surface area contributed by atoms with Gasteiger partial charge in [0.2, 0.25) is 0 Å². The molecule has 0 unspecified atom stereocenters. The molecule has 0 aromatic heterocycles. The molecular weight excluding hydrogens is 266 g/mol. The van der Waals surface area contributed by atoms with Crippen LogP contribution in [0.15, 0.2) is 0 Å². The molecule has 0 spiro atoms. The van der Waals surface area contributed by atoms with Gasteiger partial charge in [-0.25, -0.2) is 0 Å². The Bertz CT molecular complexity index is 222. The fraction of sp³-hybridized carbons (Fsp3) is 0.941. The van der Waals surface area contributed by atoms with Crippen LogP contribution in [0.1, 0.15) is 77.6 Å². The van der Waals surface area contributed by atoms with Crippen molar-refractivity contribution < 1.29 is 14.6 Å². The van der Waals surface area contributed by atoms with E-state index >= 15 is 0 Å². The summed E-state index contributed by atoms with van der Waals surface area (Å²) in [6.07, 6.45) is 13.7. The minimum Gasteiger partial charge on any atom is -0.481 e. The molecule has 0 rings (SSSR count). The Morgan fingerprint density at radius 3 is 2.00 bits per heavy atom. The second-order valence-electron chi connectivity index (χ2n) is 5.69. The third-order valence-electron chi connectivity index (χ3n) is 3.59. The fourth-order valence-corrected chi connectivity index (χ4v) is 2.27. The van der Waals surface area contributed by atoms with Crippen LogP contribution in [0.5, 0.6) is 0 Å². The first-order chi connectivity index (χ1) is 10.3. The summed E-state index contributed by atoms with van der Waals surface area (Å²) in [5.74, 6) is -0.798. The first-order valence-corrected chi connectivity index (χ1v) is 8.77. The van der Waals surface area contributed by atoms with Gasteiger partial charge in [0.1, 0.15) is 0 Å². The van der Waals surface area contributed by atoms with Gasteiger partial charge in [-0.3, -0.25) is 4.79 Å². The number of unbranched alkanes of at least 4 members (excludes halogenated alkanes) is 9. The first-order valence-electron chi connectivity index (χ1n) is 8.77. The van der Waals surface area contributed by atoms with E-state index in [0.717, 1.165) is 13.1 Å². The summed E-state index contributed by atoms with van der Waals surface area (Å²) in [6, 6.07) is 0. The van der Waals surface area contributed by atoms with Crippen molar-refractivity contribution in [1.29, 1.82) is 0 Å². The number of carboxylic acid groups (broad SMARTS) is 1. The van der Waals surface area contributed by atoms with Crippen LogP contribution in [0.4, 0.5) is 0 Å². The molecular formula is C17H35NO3. The maximum atomic E-state index is 10.3. The number of carbonyl (C=O) groups is 1. The largest absolute Gasteiger partial charge is 0.481 e. The quantitative estimate of drug-likeness (QED) is 0.399. The number of rotatable bonds is 17. The minimum atomic E-state index is -0.798. The van der Waals surface area contributed by atoms with Crippen LogP contribution in [-0.2, 0) is 9.53 Å². The Balaban J connectivity index is 2.95. The van der Waals surface area contributed by atoms with E-state index in [2.05, 4.69) is 12.2 Å². The van der Waals surface area contributed by atoms with E-state index in [4.69, 9.17) is 9.84 Å². The Morgan fingerprint density at radius 1 is 0.857 bits per heavy atom. The van der Waals surface area contributed by atoms with E-state index < -0.39 is 5.97 Å². The molecule has 126 valence electrons. The molecule has 0 radical (unpaired) electrons. The third kappa shape index (κ3) is 19.4. The molecule has 0 aliphatic heterocycles. The lowest BCUT2D eigenvalue weighted by Gasteiger charge is -2.05. The first kappa shape index (κ1) is 20.4. The molecule has 0 bridgehead atoms. The molecule has 21 heavy (non-hydrogen) atoms. The number of hydrogen-bond acceptors (Lipinski definition) is 3. The zero-order valence-corrected chi connectivity index (χ0v) is 13.9. The van der Waals surface area contributed by atoms with Gasteiger partial charge < -0.3 is 15.2 Å². The van der Waals surface area contributed by atoms with Crippen LogP contribution in [-0.4, -0.2) is 37.4 Å². The zero-order valence-electron chi connectivity index (χ0n) is 13.9. The van der Waals surface area contributed by atoms with Crippen LogP contribution in [0.25, 0.3) is 0 Å². The van der Waals surface area contributed by atoms with Crippen molar-refractivity contribution in [3.05, 3.63) is 0 Å². The van der Waals surface area contributed by atoms with E-state index in [1.54, 1.807) is 0 Å². The second kappa shape index (κ2) is 17.4. The molecule has 4 heteroatoms. The van der Waals surface area contributed by atoms with Crippen molar-refractivity contribution in [2.45, 2.75) is 77.6 Å². The highest BCUT2D eigenvalue weighted by Crippen LogP contribution is 2.10. The lowest BCUT2D eigenvalue weighted by atomic mass is 10.1. The standard InChI is InChI=1S/C17H35NO3/c1-2-3-4-5-6-7-8-9-10-11-13-18-14-16-21-15-12-17(19)20/h18H,2-16H2,1H3,(H,19,20). The molecule has 0 aromatic rings. The third-order valence-corrected chi connectivity index (χ3v) is 3.59. The van der Waals surface area contributed by atoms with E-state index in [1.807, 2.05) is 0 Å². The van der Waals surface area contributed by atoms with Gasteiger partial charge in [0.25, 0.3) is 0 Å². The van der Waals surface area contributed by atoms with Crippen LogP contribution in [0, 0.1) is 0 Å². The monoisotopic (exact) mass is 301 g/mol. The number of nitrogens with one attached hydrogen (secondary N) is 1. The molecule has 0 saturated heterocycles. The van der Waals surface area contributed by atoms with E-state index in [1.165, 1.54) is 64.2 Å². The number of hydrogen-bond donors (Lipinski definition) is 2. The van der Waals surface area contributed by atoms with Crippen LogP contribution in [0.2, 0.25) is 0 Å². The maximum absolute atomic E-state index is 10.3. The lowest BCUT2D eigenvalue weighted by Crippen LogP contribution is -2.21. The van der Waals surface area contributed by atoms with Crippen LogP contribution in [0.3, 0.4) is 0 Å². The molecule has 2 N–H and O–H groups in total.